The van der Waals surface area contributed by atoms with Crippen molar-refractivity contribution < 1.29 is 0 Å². The SMILES string of the molecule is c1ccc(-c2nc(-c3ccccc3)nc(-c3cccc(-c4ccc(-c5cc6c7c(cccc7n5)C(c5ccccc5)(c5ccccc5)c5ccccc5-6)cc4)c3)n2)cc1. The summed E-state index contributed by atoms with van der Waals surface area (Å²) in [6.45, 7) is 0. The molecule has 59 heavy (non-hydrogen) atoms. The second kappa shape index (κ2) is 14.3. The summed E-state index contributed by atoms with van der Waals surface area (Å²) >= 11 is 0. The van der Waals surface area contributed by atoms with E-state index in [1.807, 2.05) is 60.7 Å². The molecule has 0 saturated heterocycles. The number of rotatable bonds is 7. The van der Waals surface area contributed by atoms with Crippen LogP contribution in [0, 0.1) is 0 Å². The molecule has 0 spiro atoms. The van der Waals surface area contributed by atoms with Crippen molar-refractivity contribution in [1.82, 2.24) is 19.9 Å². The summed E-state index contributed by atoms with van der Waals surface area (Å²) in [4.78, 5) is 20.2. The van der Waals surface area contributed by atoms with Gasteiger partial charge in [-0.3, -0.25) is 0 Å². The zero-order valence-corrected chi connectivity index (χ0v) is 32.1. The van der Waals surface area contributed by atoms with Gasteiger partial charge < -0.3 is 0 Å². The van der Waals surface area contributed by atoms with Gasteiger partial charge in [-0.2, -0.15) is 0 Å². The van der Waals surface area contributed by atoms with Gasteiger partial charge in [0.2, 0.25) is 0 Å². The molecule has 10 aromatic rings. The molecule has 1 aliphatic carbocycles. The fourth-order valence-corrected chi connectivity index (χ4v) is 8.92. The number of hydrogen-bond donors (Lipinski definition) is 0. The van der Waals surface area contributed by atoms with Crippen LogP contribution in [0.3, 0.4) is 0 Å². The van der Waals surface area contributed by atoms with Crippen LogP contribution in [0.5, 0.6) is 0 Å². The van der Waals surface area contributed by atoms with Crippen LogP contribution in [-0.2, 0) is 5.41 Å². The molecule has 0 fully saturated rings. The molecular weight excluding hydrogens is 717 g/mol. The lowest BCUT2D eigenvalue weighted by Crippen LogP contribution is -2.33. The van der Waals surface area contributed by atoms with Gasteiger partial charge in [-0.25, -0.2) is 19.9 Å². The van der Waals surface area contributed by atoms with E-state index in [0.29, 0.717) is 17.5 Å². The van der Waals surface area contributed by atoms with E-state index in [9.17, 15) is 0 Å². The number of nitrogens with zero attached hydrogens (tertiary/aromatic N) is 4. The normalized spacial score (nSPS) is 12.5. The van der Waals surface area contributed by atoms with Crippen molar-refractivity contribution in [2.45, 2.75) is 5.41 Å². The number of aromatic nitrogens is 4. The van der Waals surface area contributed by atoms with Crippen molar-refractivity contribution in [3.8, 4) is 67.7 Å². The molecule has 11 rings (SSSR count). The third kappa shape index (κ3) is 5.84. The highest BCUT2D eigenvalue weighted by atomic mass is 15.0. The van der Waals surface area contributed by atoms with E-state index in [-0.39, 0.29) is 0 Å². The van der Waals surface area contributed by atoms with E-state index < -0.39 is 5.41 Å². The Morgan fingerprint density at radius 1 is 0.288 bits per heavy atom. The number of benzene rings is 8. The maximum Gasteiger partial charge on any atom is 0.164 e. The fourth-order valence-electron chi connectivity index (χ4n) is 8.92. The maximum absolute atomic E-state index is 5.37. The van der Waals surface area contributed by atoms with E-state index in [4.69, 9.17) is 19.9 Å². The summed E-state index contributed by atoms with van der Waals surface area (Å²) in [5.41, 5.74) is 14.9. The summed E-state index contributed by atoms with van der Waals surface area (Å²) < 4.78 is 0. The Kier molecular flexibility index (Phi) is 8.34. The predicted octanol–water partition coefficient (Wildman–Crippen LogP) is 13.1. The zero-order chi connectivity index (χ0) is 39.2. The van der Waals surface area contributed by atoms with Gasteiger partial charge in [0.25, 0.3) is 0 Å². The summed E-state index contributed by atoms with van der Waals surface area (Å²) in [5, 5.41) is 1.19. The molecule has 0 N–H and O–H groups in total. The van der Waals surface area contributed by atoms with Crippen molar-refractivity contribution >= 4 is 10.9 Å². The fraction of sp³-hybridized carbons (Fsp3) is 0.0182. The van der Waals surface area contributed by atoms with E-state index in [1.54, 1.807) is 0 Å². The Balaban J connectivity index is 1.00. The second-order valence-electron chi connectivity index (χ2n) is 15.0. The van der Waals surface area contributed by atoms with Gasteiger partial charge in [0.1, 0.15) is 0 Å². The summed E-state index contributed by atoms with van der Waals surface area (Å²) in [6, 6.07) is 77.0. The molecule has 4 heteroatoms. The van der Waals surface area contributed by atoms with E-state index in [2.05, 4.69) is 158 Å². The Hall–Kier alpha value is -7.82. The first-order valence-electron chi connectivity index (χ1n) is 20.0. The van der Waals surface area contributed by atoms with Gasteiger partial charge in [-0.1, -0.05) is 200 Å². The Morgan fingerprint density at radius 2 is 0.763 bits per heavy atom. The molecular formula is C55H36N4. The predicted molar refractivity (Wildman–Crippen MR) is 240 cm³/mol. The lowest BCUT2D eigenvalue weighted by atomic mass is 9.60. The van der Waals surface area contributed by atoms with Crippen LogP contribution in [0.2, 0.25) is 0 Å². The van der Waals surface area contributed by atoms with Gasteiger partial charge in [0.05, 0.1) is 16.6 Å². The topological polar surface area (TPSA) is 51.6 Å². The Morgan fingerprint density at radius 3 is 1.39 bits per heavy atom. The highest BCUT2D eigenvalue weighted by molar-refractivity contribution is 6.04. The Bertz CT molecular complexity index is 3030. The molecule has 0 aliphatic heterocycles. The number of hydrogen-bond acceptors (Lipinski definition) is 4. The molecule has 0 amide bonds. The van der Waals surface area contributed by atoms with Crippen LogP contribution < -0.4 is 0 Å². The molecule has 1 aliphatic rings. The number of fused-ring (bicyclic) bond motifs is 2. The van der Waals surface area contributed by atoms with Gasteiger partial charge in [-0.15, -0.1) is 0 Å². The van der Waals surface area contributed by atoms with Crippen LogP contribution in [0.1, 0.15) is 22.3 Å². The quantitative estimate of drug-likeness (QED) is 0.163. The molecule has 0 bridgehead atoms. The molecule has 0 unspecified atom stereocenters. The van der Waals surface area contributed by atoms with E-state index >= 15 is 0 Å². The van der Waals surface area contributed by atoms with Gasteiger partial charge in [0, 0.05) is 27.6 Å². The first-order valence-corrected chi connectivity index (χ1v) is 20.0. The summed E-state index contributed by atoms with van der Waals surface area (Å²) in [5.74, 6) is 1.92. The van der Waals surface area contributed by atoms with Gasteiger partial charge in [0.15, 0.2) is 17.5 Å². The molecule has 276 valence electrons. The monoisotopic (exact) mass is 752 g/mol. The standard InChI is InChI=1S/C55H36N4/c1-5-17-39(18-6-1)52-57-53(40-19-7-2-8-20-40)59-54(58-52)42-22-15-21-41(35-42)37-31-33-38(34-32-37)50-36-46-45-27-13-14-28-47(45)55(43-23-9-3-10-24-43,44-25-11-4-12-26-44)48-29-16-30-49(56-50)51(46)48/h1-36H. The molecule has 8 aromatic carbocycles. The van der Waals surface area contributed by atoms with Crippen LogP contribution in [-0.4, -0.2) is 19.9 Å². The van der Waals surface area contributed by atoms with Crippen molar-refractivity contribution in [3.63, 3.8) is 0 Å². The van der Waals surface area contributed by atoms with E-state index in [1.165, 1.54) is 38.8 Å². The van der Waals surface area contributed by atoms with Gasteiger partial charge >= 0.3 is 0 Å². The zero-order valence-electron chi connectivity index (χ0n) is 32.1. The first kappa shape index (κ1) is 34.4. The lowest BCUT2D eigenvalue weighted by molar-refractivity contribution is 0.749. The molecule has 4 nitrogen and oxygen atoms in total. The van der Waals surface area contributed by atoms with Crippen LogP contribution in [0.15, 0.2) is 218 Å². The first-order chi connectivity index (χ1) is 29.2. The molecule has 2 aromatic heterocycles. The average molecular weight is 753 g/mol. The second-order valence-corrected chi connectivity index (χ2v) is 15.0. The van der Waals surface area contributed by atoms with Crippen LogP contribution in [0.4, 0.5) is 0 Å². The average Bonchev–Trinajstić information content (AvgIpc) is 3.33. The smallest absolute Gasteiger partial charge is 0.164 e. The third-order valence-electron chi connectivity index (χ3n) is 11.6. The third-order valence-corrected chi connectivity index (χ3v) is 11.6. The summed E-state index contributed by atoms with van der Waals surface area (Å²) in [7, 11) is 0. The minimum absolute atomic E-state index is 0.501. The molecule has 2 heterocycles. The van der Waals surface area contributed by atoms with Crippen LogP contribution in [0.25, 0.3) is 78.6 Å². The summed E-state index contributed by atoms with van der Waals surface area (Å²) in [6.07, 6.45) is 0. The van der Waals surface area contributed by atoms with E-state index in [0.717, 1.165) is 44.6 Å². The molecule has 0 atom stereocenters. The van der Waals surface area contributed by atoms with Crippen molar-refractivity contribution in [1.29, 1.82) is 0 Å². The largest absolute Gasteiger partial charge is 0.248 e. The Labute approximate surface area is 343 Å². The highest BCUT2D eigenvalue weighted by Crippen LogP contribution is 2.55. The number of pyridine rings is 1. The maximum atomic E-state index is 5.37. The molecule has 0 saturated carbocycles. The lowest BCUT2D eigenvalue weighted by Gasteiger charge is -2.42. The van der Waals surface area contributed by atoms with Gasteiger partial charge in [-0.05, 0) is 62.7 Å². The van der Waals surface area contributed by atoms with Crippen molar-refractivity contribution in [2.75, 3.05) is 0 Å². The minimum atomic E-state index is -0.501. The molecule has 0 radical (unpaired) electrons. The minimum Gasteiger partial charge on any atom is -0.248 e. The van der Waals surface area contributed by atoms with Crippen molar-refractivity contribution in [3.05, 3.63) is 241 Å². The van der Waals surface area contributed by atoms with Crippen molar-refractivity contribution in [2.24, 2.45) is 0 Å². The van der Waals surface area contributed by atoms with Crippen LogP contribution >= 0.6 is 0 Å². The highest BCUT2D eigenvalue weighted by Gasteiger charge is 2.44.